The molecule has 1 aromatic carbocycles. The van der Waals surface area contributed by atoms with Crippen LogP contribution in [0.1, 0.15) is 18.0 Å². The van der Waals surface area contributed by atoms with Crippen LogP contribution in [0.25, 0.3) is 11.1 Å². The minimum absolute atomic E-state index is 0.133. The van der Waals surface area contributed by atoms with Gasteiger partial charge in [0.25, 0.3) is 12.0 Å². The summed E-state index contributed by atoms with van der Waals surface area (Å²) in [5, 5.41) is 9.77. The van der Waals surface area contributed by atoms with Crippen molar-refractivity contribution in [3.63, 3.8) is 0 Å². The summed E-state index contributed by atoms with van der Waals surface area (Å²) < 4.78 is 75.8. The van der Waals surface area contributed by atoms with Crippen LogP contribution in [0.4, 0.5) is 22.0 Å². The van der Waals surface area contributed by atoms with Gasteiger partial charge in [0.15, 0.2) is 0 Å². The summed E-state index contributed by atoms with van der Waals surface area (Å²) in [6.07, 6.45) is -7.00. The minimum atomic E-state index is -4.56. The van der Waals surface area contributed by atoms with E-state index in [1.165, 1.54) is 18.2 Å². The van der Waals surface area contributed by atoms with E-state index in [-0.39, 0.29) is 34.9 Å². The summed E-state index contributed by atoms with van der Waals surface area (Å²) in [6.45, 7) is -2.02. The molecule has 0 fully saturated rings. The molecule has 33 heavy (non-hydrogen) atoms. The van der Waals surface area contributed by atoms with Gasteiger partial charge in [0.2, 0.25) is 0 Å². The molecule has 0 aliphatic carbocycles. The summed E-state index contributed by atoms with van der Waals surface area (Å²) >= 11 is 6.03. The molecule has 6 nitrogen and oxygen atoms in total. The molecule has 2 aromatic rings. The number of halogens is 6. The van der Waals surface area contributed by atoms with E-state index < -0.39 is 55.7 Å². The third kappa shape index (κ3) is 6.02. The molecule has 0 amide bonds. The number of benzene rings is 1. The molecule has 0 spiro atoms. The Bertz CT molecular complexity index is 1070. The van der Waals surface area contributed by atoms with Crippen molar-refractivity contribution < 1.29 is 41.3 Å². The fourth-order valence-electron chi connectivity index (χ4n) is 3.55. The number of rotatable bonds is 7. The van der Waals surface area contributed by atoms with Crippen molar-refractivity contribution in [2.45, 2.75) is 31.5 Å². The van der Waals surface area contributed by atoms with E-state index in [0.717, 1.165) is 16.8 Å². The zero-order valence-electron chi connectivity index (χ0n) is 16.9. The number of alkyl halides is 5. The monoisotopic (exact) mass is 495 g/mol. The van der Waals surface area contributed by atoms with Gasteiger partial charge in [0.05, 0.1) is 12.1 Å². The zero-order chi connectivity index (χ0) is 24.3. The summed E-state index contributed by atoms with van der Waals surface area (Å²) in [4.78, 5) is 24.5. The predicted molar refractivity (Wildman–Crippen MR) is 108 cm³/mol. The minimum Gasteiger partial charge on any atom is -0.491 e. The van der Waals surface area contributed by atoms with E-state index in [2.05, 4.69) is 0 Å². The van der Waals surface area contributed by atoms with Crippen molar-refractivity contribution >= 4 is 17.6 Å². The van der Waals surface area contributed by atoms with Gasteiger partial charge in [0, 0.05) is 29.7 Å². The third-order valence-corrected chi connectivity index (χ3v) is 5.41. The fraction of sp³-hybridized carbons (Fsp3) is 0.429. The normalized spacial score (nSPS) is 16.9. The standard InChI is InChI=1S/C21H19ClF5NO5/c22-13-2-1-11-5-12(21(25,26)27)9-33-17-8-28(19(29)7-15(17)14(11)6-13)16(20(30)31)3-4-32-10-18(23)24/h1-2,6-8,12,16,18H,3-5,9-10H2,(H,30,31). The van der Waals surface area contributed by atoms with E-state index >= 15 is 0 Å². The average molecular weight is 496 g/mol. The predicted octanol–water partition coefficient (Wildman–Crippen LogP) is 4.58. The van der Waals surface area contributed by atoms with Crippen LogP contribution in [0.3, 0.4) is 0 Å². The van der Waals surface area contributed by atoms with Gasteiger partial charge in [-0.1, -0.05) is 17.7 Å². The van der Waals surface area contributed by atoms with Crippen LogP contribution >= 0.6 is 11.6 Å². The number of carbonyl (C=O) groups is 1. The van der Waals surface area contributed by atoms with Gasteiger partial charge in [-0.25, -0.2) is 13.6 Å². The van der Waals surface area contributed by atoms with Crippen molar-refractivity contribution in [3.8, 4) is 16.9 Å². The first-order valence-corrected chi connectivity index (χ1v) is 10.2. The average Bonchev–Trinajstić information content (AvgIpc) is 2.70. The van der Waals surface area contributed by atoms with Crippen LogP contribution < -0.4 is 10.3 Å². The van der Waals surface area contributed by atoms with E-state index in [9.17, 15) is 36.6 Å². The maximum absolute atomic E-state index is 13.5. The van der Waals surface area contributed by atoms with Crippen LogP contribution in [0, 0.1) is 5.92 Å². The van der Waals surface area contributed by atoms with E-state index in [4.69, 9.17) is 21.1 Å². The molecule has 12 heteroatoms. The zero-order valence-corrected chi connectivity index (χ0v) is 17.7. The van der Waals surface area contributed by atoms with Crippen molar-refractivity contribution in [2.75, 3.05) is 19.8 Å². The molecule has 1 N–H and O–H groups in total. The maximum Gasteiger partial charge on any atom is 0.395 e. The number of nitrogens with zero attached hydrogens (tertiary/aromatic N) is 1. The number of ether oxygens (including phenoxy) is 2. The second-order valence-electron chi connectivity index (χ2n) is 7.46. The van der Waals surface area contributed by atoms with Gasteiger partial charge >= 0.3 is 12.1 Å². The SMILES string of the molecule is O=C(O)C(CCOCC(F)F)n1cc2c(cc1=O)-c1cc(Cl)ccc1CC(C(F)(F)F)CO2. The van der Waals surface area contributed by atoms with Crippen LogP contribution in [-0.4, -0.2) is 48.1 Å². The van der Waals surface area contributed by atoms with Crippen LogP contribution in [0.5, 0.6) is 5.75 Å². The molecule has 3 rings (SSSR count). The number of hydrogen-bond acceptors (Lipinski definition) is 4. The number of aromatic nitrogens is 1. The Morgan fingerprint density at radius 3 is 2.64 bits per heavy atom. The lowest BCUT2D eigenvalue weighted by Crippen LogP contribution is -2.33. The van der Waals surface area contributed by atoms with Crippen molar-refractivity contribution in [1.82, 2.24) is 4.57 Å². The van der Waals surface area contributed by atoms with Crippen molar-refractivity contribution in [3.05, 3.63) is 51.4 Å². The number of carboxylic acids is 1. The van der Waals surface area contributed by atoms with Crippen LogP contribution in [0.15, 0.2) is 35.3 Å². The van der Waals surface area contributed by atoms with Gasteiger partial charge in [-0.2, -0.15) is 13.2 Å². The lowest BCUT2D eigenvalue weighted by Gasteiger charge is -2.27. The Balaban J connectivity index is 2.04. The molecule has 1 aliphatic rings. The van der Waals surface area contributed by atoms with Gasteiger partial charge in [-0.3, -0.25) is 9.36 Å². The number of hydrogen-bond donors (Lipinski definition) is 1. The summed E-state index contributed by atoms with van der Waals surface area (Å²) in [5.74, 6) is -3.42. The van der Waals surface area contributed by atoms with Gasteiger partial charge in [0.1, 0.15) is 25.0 Å². The van der Waals surface area contributed by atoms with E-state index in [1.54, 1.807) is 0 Å². The molecule has 1 aromatic heterocycles. The molecule has 0 saturated carbocycles. The van der Waals surface area contributed by atoms with Gasteiger partial charge in [-0.15, -0.1) is 0 Å². The molecule has 1 aliphatic heterocycles. The molecular formula is C21H19ClF5NO5. The highest BCUT2D eigenvalue weighted by Gasteiger charge is 2.41. The Kier molecular flexibility index (Phi) is 7.63. The first kappa shape index (κ1) is 25.0. The molecular weight excluding hydrogens is 477 g/mol. The molecule has 0 radical (unpaired) electrons. The Morgan fingerprint density at radius 2 is 2.00 bits per heavy atom. The second-order valence-corrected chi connectivity index (χ2v) is 7.90. The number of aliphatic carboxylic acids is 1. The van der Waals surface area contributed by atoms with Crippen LogP contribution in [0.2, 0.25) is 5.02 Å². The number of carboxylic acid groups (broad SMARTS) is 1. The van der Waals surface area contributed by atoms with Crippen molar-refractivity contribution in [2.24, 2.45) is 5.92 Å². The highest BCUT2D eigenvalue weighted by Crippen LogP contribution is 2.40. The number of pyridine rings is 1. The van der Waals surface area contributed by atoms with Gasteiger partial charge < -0.3 is 14.6 Å². The lowest BCUT2D eigenvalue weighted by molar-refractivity contribution is -0.181. The van der Waals surface area contributed by atoms with Gasteiger partial charge in [-0.05, 0) is 29.7 Å². The topological polar surface area (TPSA) is 77.8 Å². The van der Waals surface area contributed by atoms with E-state index in [1.807, 2.05) is 0 Å². The Labute approximate surface area is 189 Å². The molecule has 0 bridgehead atoms. The number of fused-ring (bicyclic) bond motifs is 3. The smallest absolute Gasteiger partial charge is 0.395 e. The molecule has 2 unspecified atom stereocenters. The van der Waals surface area contributed by atoms with Crippen molar-refractivity contribution in [1.29, 1.82) is 0 Å². The second kappa shape index (κ2) is 10.1. The lowest BCUT2D eigenvalue weighted by atomic mass is 9.91. The molecule has 180 valence electrons. The summed E-state index contributed by atoms with van der Waals surface area (Å²) in [6, 6.07) is 3.85. The molecule has 2 atom stereocenters. The Morgan fingerprint density at radius 1 is 1.27 bits per heavy atom. The molecule has 2 heterocycles. The molecule has 0 saturated heterocycles. The largest absolute Gasteiger partial charge is 0.491 e. The third-order valence-electron chi connectivity index (χ3n) is 5.18. The van der Waals surface area contributed by atoms with Crippen LogP contribution in [-0.2, 0) is 16.0 Å². The quantitative estimate of drug-likeness (QED) is 0.449. The Hall–Kier alpha value is -2.66. The fourth-order valence-corrected chi connectivity index (χ4v) is 3.72. The first-order chi connectivity index (χ1) is 15.5. The summed E-state index contributed by atoms with van der Waals surface area (Å²) in [7, 11) is 0. The first-order valence-electron chi connectivity index (χ1n) is 9.80. The maximum atomic E-state index is 13.5. The summed E-state index contributed by atoms with van der Waals surface area (Å²) in [5.41, 5.74) is -0.0219. The highest BCUT2D eigenvalue weighted by atomic mass is 35.5. The van der Waals surface area contributed by atoms with E-state index in [0.29, 0.717) is 5.56 Å². The highest BCUT2D eigenvalue weighted by molar-refractivity contribution is 6.30.